The molecule has 0 fully saturated rings. The number of benzene rings is 2. The number of aryl methyl sites for hydroxylation is 2. The Balaban J connectivity index is 2.03. The second-order valence-electron chi connectivity index (χ2n) is 5.58. The molecule has 2 rings (SSSR count). The molecule has 2 aromatic carbocycles. The summed E-state index contributed by atoms with van der Waals surface area (Å²) in [6.07, 6.45) is -4.37. The van der Waals surface area contributed by atoms with Gasteiger partial charge in [-0.25, -0.2) is 4.39 Å². The standard InChI is InChI=1S/C18H17F4NO/c1-12-3-2-4-13(11-12)5-10-16(24)23-17(18(20,21)22)14-6-8-15(19)9-7-14/h2-4,6-9,11,17H,5,10H2,1H3,(H,23,24). The molecule has 0 aliphatic rings. The number of amides is 1. The van der Waals surface area contributed by atoms with Gasteiger partial charge in [0.05, 0.1) is 0 Å². The third-order valence-corrected chi connectivity index (χ3v) is 3.56. The molecule has 0 saturated heterocycles. The van der Waals surface area contributed by atoms with Crippen LogP contribution in [0.3, 0.4) is 0 Å². The van der Waals surface area contributed by atoms with Crippen molar-refractivity contribution in [2.75, 3.05) is 0 Å². The Morgan fingerprint density at radius 1 is 1.12 bits per heavy atom. The third-order valence-electron chi connectivity index (χ3n) is 3.56. The van der Waals surface area contributed by atoms with Gasteiger partial charge in [-0.05, 0) is 36.6 Å². The van der Waals surface area contributed by atoms with Crippen molar-refractivity contribution in [2.45, 2.75) is 32.0 Å². The summed E-state index contributed by atoms with van der Waals surface area (Å²) >= 11 is 0. The second kappa shape index (κ2) is 7.47. The fraction of sp³-hybridized carbons (Fsp3) is 0.278. The van der Waals surface area contributed by atoms with E-state index < -0.39 is 23.9 Å². The van der Waals surface area contributed by atoms with Crippen LogP contribution in [-0.2, 0) is 11.2 Å². The Kier molecular flexibility index (Phi) is 5.59. The lowest BCUT2D eigenvalue weighted by Gasteiger charge is -2.22. The lowest BCUT2D eigenvalue weighted by molar-refractivity contribution is -0.163. The summed E-state index contributed by atoms with van der Waals surface area (Å²) in [5.41, 5.74) is 1.70. The minimum absolute atomic E-state index is 0.0583. The van der Waals surface area contributed by atoms with Crippen LogP contribution in [0.15, 0.2) is 48.5 Å². The van der Waals surface area contributed by atoms with E-state index in [0.29, 0.717) is 6.42 Å². The fourth-order valence-corrected chi connectivity index (χ4v) is 2.37. The Morgan fingerprint density at radius 3 is 2.38 bits per heavy atom. The van der Waals surface area contributed by atoms with Crippen molar-refractivity contribution in [1.29, 1.82) is 0 Å². The summed E-state index contributed by atoms with van der Waals surface area (Å²) in [6, 6.07) is 9.21. The molecule has 1 atom stereocenters. The molecule has 2 aromatic rings. The zero-order valence-corrected chi connectivity index (χ0v) is 13.0. The lowest BCUT2D eigenvalue weighted by atomic mass is 10.0. The van der Waals surface area contributed by atoms with Crippen molar-refractivity contribution in [3.05, 3.63) is 71.0 Å². The number of nitrogens with one attached hydrogen (secondary N) is 1. The highest BCUT2D eigenvalue weighted by atomic mass is 19.4. The number of rotatable bonds is 5. The summed E-state index contributed by atoms with van der Waals surface area (Å²) in [7, 11) is 0. The molecule has 0 radical (unpaired) electrons. The van der Waals surface area contributed by atoms with Crippen molar-refractivity contribution in [1.82, 2.24) is 5.32 Å². The van der Waals surface area contributed by atoms with Crippen molar-refractivity contribution < 1.29 is 22.4 Å². The van der Waals surface area contributed by atoms with E-state index >= 15 is 0 Å². The molecule has 0 saturated carbocycles. The molecule has 0 aliphatic heterocycles. The first kappa shape index (κ1) is 18.0. The quantitative estimate of drug-likeness (QED) is 0.799. The number of alkyl halides is 3. The van der Waals surface area contributed by atoms with Crippen molar-refractivity contribution in [3.8, 4) is 0 Å². The Labute approximate surface area is 137 Å². The maximum absolute atomic E-state index is 13.2. The van der Waals surface area contributed by atoms with E-state index in [9.17, 15) is 22.4 Å². The van der Waals surface area contributed by atoms with E-state index in [0.717, 1.165) is 35.4 Å². The van der Waals surface area contributed by atoms with Crippen LogP contribution < -0.4 is 5.32 Å². The molecule has 0 spiro atoms. The van der Waals surface area contributed by atoms with Gasteiger partial charge < -0.3 is 5.32 Å². The molecule has 1 unspecified atom stereocenters. The van der Waals surface area contributed by atoms with Crippen molar-refractivity contribution >= 4 is 5.91 Å². The average molecular weight is 339 g/mol. The van der Waals surface area contributed by atoms with Crippen LogP contribution >= 0.6 is 0 Å². The van der Waals surface area contributed by atoms with Gasteiger partial charge in [0.15, 0.2) is 6.04 Å². The number of halogens is 4. The van der Waals surface area contributed by atoms with Crippen LogP contribution in [-0.4, -0.2) is 12.1 Å². The van der Waals surface area contributed by atoms with E-state index in [1.807, 2.05) is 36.5 Å². The SMILES string of the molecule is Cc1cccc(CCC(=O)NC(c2ccc(F)cc2)C(F)(F)F)c1. The minimum atomic E-state index is -4.66. The second-order valence-corrected chi connectivity index (χ2v) is 5.58. The molecule has 0 aromatic heterocycles. The third kappa shape index (κ3) is 5.08. The van der Waals surface area contributed by atoms with Crippen molar-refractivity contribution in [2.24, 2.45) is 0 Å². The van der Waals surface area contributed by atoms with Gasteiger partial charge >= 0.3 is 6.18 Å². The zero-order valence-electron chi connectivity index (χ0n) is 13.0. The molecule has 0 aliphatic carbocycles. The average Bonchev–Trinajstić information content (AvgIpc) is 2.51. The molecular weight excluding hydrogens is 322 g/mol. The highest BCUT2D eigenvalue weighted by Crippen LogP contribution is 2.32. The van der Waals surface area contributed by atoms with Crippen LogP contribution in [0.5, 0.6) is 0 Å². The number of hydrogen-bond donors (Lipinski definition) is 1. The van der Waals surface area contributed by atoms with Gasteiger partial charge in [-0.3, -0.25) is 4.79 Å². The Morgan fingerprint density at radius 2 is 1.79 bits per heavy atom. The minimum Gasteiger partial charge on any atom is -0.341 e. The van der Waals surface area contributed by atoms with Gasteiger partial charge in [0.25, 0.3) is 0 Å². The maximum atomic E-state index is 13.2. The number of carbonyl (C=O) groups excluding carboxylic acids is 1. The monoisotopic (exact) mass is 339 g/mol. The predicted molar refractivity (Wildman–Crippen MR) is 82.8 cm³/mol. The van der Waals surface area contributed by atoms with E-state index in [1.54, 1.807) is 0 Å². The summed E-state index contributed by atoms with van der Waals surface area (Å²) < 4.78 is 52.4. The highest BCUT2D eigenvalue weighted by Gasteiger charge is 2.41. The molecule has 0 bridgehead atoms. The molecule has 24 heavy (non-hydrogen) atoms. The first-order chi connectivity index (χ1) is 11.3. The van der Waals surface area contributed by atoms with Gasteiger partial charge in [0, 0.05) is 6.42 Å². The van der Waals surface area contributed by atoms with Crippen LogP contribution in [0, 0.1) is 12.7 Å². The van der Waals surface area contributed by atoms with E-state index in [-0.39, 0.29) is 12.0 Å². The predicted octanol–water partition coefficient (Wildman–Crippen LogP) is 4.49. The van der Waals surface area contributed by atoms with Crippen LogP contribution in [0.1, 0.15) is 29.2 Å². The molecule has 128 valence electrons. The topological polar surface area (TPSA) is 29.1 Å². The molecular formula is C18H17F4NO. The van der Waals surface area contributed by atoms with Crippen molar-refractivity contribution in [3.63, 3.8) is 0 Å². The molecule has 1 N–H and O–H groups in total. The molecule has 2 nitrogen and oxygen atoms in total. The smallest absolute Gasteiger partial charge is 0.341 e. The van der Waals surface area contributed by atoms with Gasteiger partial charge in [0.1, 0.15) is 5.82 Å². The zero-order chi connectivity index (χ0) is 17.7. The van der Waals surface area contributed by atoms with Gasteiger partial charge in [0.2, 0.25) is 5.91 Å². The number of carbonyl (C=O) groups is 1. The van der Waals surface area contributed by atoms with E-state index in [1.165, 1.54) is 0 Å². The fourth-order valence-electron chi connectivity index (χ4n) is 2.37. The summed E-state index contributed by atoms with van der Waals surface area (Å²) in [5, 5.41) is 1.99. The maximum Gasteiger partial charge on any atom is 0.412 e. The van der Waals surface area contributed by atoms with E-state index in [4.69, 9.17) is 0 Å². The Bertz CT molecular complexity index is 695. The van der Waals surface area contributed by atoms with Gasteiger partial charge in [-0.15, -0.1) is 0 Å². The van der Waals surface area contributed by atoms with Gasteiger partial charge in [-0.1, -0.05) is 42.0 Å². The Hall–Kier alpha value is -2.37. The molecule has 0 heterocycles. The van der Waals surface area contributed by atoms with Crippen LogP contribution in [0.25, 0.3) is 0 Å². The largest absolute Gasteiger partial charge is 0.412 e. The highest BCUT2D eigenvalue weighted by molar-refractivity contribution is 5.76. The first-order valence-corrected chi connectivity index (χ1v) is 7.43. The van der Waals surface area contributed by atoms with E-state index in [2.05, 4.69) is 0 Å². The van der Waals surface area contributed by atoms with Crippen LogP contribution in [0.2, 0.25) is 0 Å². The summed E-state index contributed by atoms with van der Waals surface area (Å²) in [4.78, 5) is 11.9. The van der Waals surface area contributed by atoms with Gasteiger partial charge in [-0.2, -0.15) is 13.2 Å². The first-order valence-electron chi connectivity index (χ1n) is 7.43. The summed E-state index contributed by atoms with van der Waals surface area (Å²) in [6.45, 7) is 1.90. The number of hydrogen-bond acceptors (Lipinski definition) is 1. The lowest BCUT2D eigenvalue weighted by Crippen LogP contribution is -2.38. The molecule has 6 heteroatoms. The summed E-state index contributed by atoms with van der Waals surface area (Å²) in [5.74, 6) is -1.34. The normalized spacial score (nSPS) is 12.7. The molecule has 1 amide bonds. The van der Waals surface area contributed by atoms with Crippen LogP contribution in [0.4, 0.5) is 17.6 Å².